The molecule has 2 aromatic rings. The van der Waals surface area contributed by atoms with Gasteiger partial charge in [-0.3, -0.25) is 4.79 Å². The summed E-state index contributed by atoms with van der Waals surface area (Å²) in [6.07, 6.45) is 4.58. The molecule has 7 heteroatoms. The van der Waals surface area contributed by atoms with Crippen molar-refractivity contribution in [1.29, 1.82) is 0 Å². The number of aromatic hydroxyl groups is 1. The fraction of sp³-hybridized carbons (Fsp3) is 0.471. The van der Waals surface area contributed by atoms with Gasteiger partial charge >= 0.3 is 0 Å². The highest BCUT2D eigenvalue weighted by Gasteiger charge is 2.25. The number of rotatable bonds is 2. The fourth-order valence-electron chi connectivity index (χ4n) is 3.50. The zero-order valence-electron chi connectivity index (χ0n) is 13.5. The minimum Gasteiger partial charge on any atom is -0.508 e. The molecule has 0 radical (unpaired) electrons. The maximum atomic E-state index is 12.7. The molecule has 0 spiro atoms. The number of nitrogens with zero attached hydrogens (tertiary/aromatic N) is 4. The van der Waals surface area contributed by atoms with Gasteiger partial charge in [-0.15, -0.1) is 5.10 Å². The summed E-state index contributed by atoms with van der Waals surface area (Å²) >= 11 is 0. The van der Waals surface area contributed by atoms with E-state index in [1.54, 1.807) is 23.2 Å². The van der Waals surface area contributed by atoms with Crippen LogP contribution in [0.25, 0.3) is 0 Å². The van der Waals surface area contributed by atoms with Crippen LogP contribution in [0.3, 0.4) is 0 Å². The Balaban J connectivity index is 1.49. The summed E-state index contributed by atoms with van der Waals surface area (Å²) in [5.74, 6) is 0.143. The van der Waals surface area contributed by atoms with Crippen molar-refractivity contribution in [1.82, 2.24) is 25.2 Å². The molecule has 0 aliphatic carbocycles. The number of piperidine rings is 1. The second kappa shape index (κ2) is 6.24. The number of carbonyl (C=O) groups excluding carboxylic acids is 1. The SMILES string of the molecule is O=C(c1cn(C2CCNCC2)nn1)N1CCc2ccc(O)cc2C1. The number of fused-ring (bicyclic) bond motifs is 1. The molecule has 0 atom stereocenters. The van der Waals surface area contributed by atoms with E-state index in [-0.39, 0.29) is 11.7 Å². The number of hydrogen-bond acceptors (Lipinski definition) is 5. The van der Waals surface area contributed by atoms with Gasteiger partial charge in [-0.05, 0) is 55.6 Å². The molecule has 1 amide bonds. The van der Waals surface area contributed by atoms with Crippen molar-refractivity contribution in [3.8, 4) is 5.75 Å². The van der Waals surface area contributed by atoms with Crippen LogP contribution in [-0.4, -0.2) is 50.5 Å². The van der Waals surface area contributed by atoms with E-state index in [0.717, 1.165) is 37.9 Å². The Kier molecular flexibility index (Phi) is 3.93. The number of benzene rings is 1. The molecule has 2 aliphatic rings. The van der Waals surface area contributed by atoms with E-state index < -0.39 is 0 Å². The van der Waals surface area contributed by atoms with Gasteiger partial charge in [-0.1, -0.05) is 11.3 Å². The number of amides is 1. The Bertz CT molecular complexity index is 751. The number of aromatic nitrogens is 3. The average Bonchev–Trinajstić information content (AvgIpc) is 3.11. The first-order valence-electron chi connectivity index (χ1n) is 8.43. The number of carbonyl (C=O) groups is 1. The van der Waals surface area contributed by atoms with Gasteiger partial charge < -0.3 is 15.3 Å². The minimum atomic E-state index is -0.0934. The van der Waals surface area contributed by atoms with E-state index >= 15 is 0 Å². The number of phenols is 1. The van der Waals surface area contributed by atoms with E-state index in [2.05, 4.69) is 15.6 Å². The molecule has 3 heterocycles. The van der Waals surface area contributed by atoms with E-state index in [1.807, 2.05) is 10.7 Å². The Labute approximate surface area is 140 Å². The van der Waals surface area contributed by atoms with E-state index in [4.69, 9.17) is 0 Å². The predicted octanol–water partition coefficient (Wildman–Crippen LogP) is 1.11. The molecule has 7 nitrogen and oxygen atoms in total. The summed E-state index contributed by atoms with van der Waals surface area (Å²) in [7, 11) is 0. The highest BCUT2D eigenvalue weighted by molar-refractivity contribution is 5.92. The molecule has 4 rings (SSSR count). The molecule has 1 aromatic heterocycles. The second-order valence-electron chi connectivity index (χ2n) is 6.49. The van der Waals surface area contributed by atoms with Crippen molar-refractivity contribution >= 4 is 5.91 Å². The quantitative estimate of drug-likeness (QED) is 0.863. The smallest absolute Gasteiger partial charge is 0.276 e. The van der Waals surface area contributed by atoms with Crippen LogP contribution in [0.4, 0.5) is 0 Å². The van der Waals surface area contributed by atoms with Crippen LogP contribution < -0.4 is 5.32 Å². The molecular formula is C17H21N5O2. The van der Waals surface area contributed by atoms with E-state index in [9.17, 15) is 9.90 Å². The second-order valence-corrected chi connectivity index (χ2v) is 6.49. The van der Waals surface area contributed by atoms with Gasteiger partial charge in [-0.2, -0.15) is 0 Å². The topological polar surface area (TPSA) is 83.3 Å². The molecule has 0 saturated carbocycles. The van der Waals surface area contributed by atoms with Gasteiger partial charge in [0.2, 0.25) is 0 Å². The van der Waals surface area contributed by atoms with Crippen LogP contribution in [0, 0.1) is 0 Å². The normalized spacial score (nSPS) is 18.4. The predicted molar refractivity (Wildman–Crippen MR) is 87.7 cm³/mol. The van der Waals surface area contributed by atoms with Crippen molar-refractivity contribution in [2.45, 2.75) is 31.8 Å². The molecule has 24 heavy (non-hydrogen) atoms. The lowest BCUT2D eigenvalue weighted by atomic mass is 9.99. The van der Waals surface area contributed by atoms with Crippen molar-refractivity contribution in [3.63, 3.8) is 0 Å². The van der Waals surface area contributed by atoms with Crippen LogP contribution in [0.5, 0.6) is 5.75 Å². The zero-order valence-corrected chi connectivity index (χ0v) is 13.5. The van der Waals surface area contributed by atoms with Crippen LogP contribution in [0.1, 0.15) is 40.5 Å². The standard InChI is InChI=1S/C17H21N5O2/c23-15-2-1-12-5-8-21(10-13(12)9-15)17(24)16-11-22(20-19-16)14-3-6-18-7-4-14/h1-2,9,11,14,18,23H,3-8,10H2. The summed E-state index contributed by atoms with van der Waals surface area (Å²) in [5, 5.41) is 21.2. The minimum absolute atomic E-state index is 0.0934. The Hall–Kier alpha value is -2.41. The van der Waals surface area contributed by atoms with Gasteiger partial charge in [-0.25, -0.2) is 4.68 Å². The van der Waals surface area contributed by atoms with Crippen LogP contribution in [0.15, 0.2) is 24.4 Å². The Morgan fingerprint density at radius 3 is 2.92 bits per heavy atom. The van der Waals surface area contributed by atoms with Crippen molar-refractivity contribution < 1.29 is 9.90 Å². The van der Waals surface area contributed by atoms with Crippen molar-refractivity contribution in [3.05, 3.63) is 41.2 Å². The first-order chi connectivity index (χ1) is 11.7. The number of hydrogen-bond donors (Lipinski definition) is 2. The largest absolute Gasteiger partial charge is 0.508 e. The van der Waals surface area contributed by atoms with Gasteiger partial charge in [0.25, 0.3) is 5.91 Å². The van der Waals surface area contributed by atoms with E-state index in [1.165, 1.54) is 5.56 Å². The maximum absolute atomic E-state index is 12.7. The molecule has 0 bridgehead atoms. The first-order valence-corrected chi connectivity index (χ1v) is 8.43. The van der Waals surface area contributed by atoms with Gasteiger partial charge in [0, 0.05) is 13.1 Å². The molecule has 2 aliphatic heterocycles. The highest BCUT2D eigenvalue weighted by atomic mass is 16.3. The summed E-state index contributed by atoms with van der Waals surface area (Å²) in [6.45, 7) is 3.11. The molecule has 126 valence electrons. The molecule has 0 unspecified atom stereocenters. The third kappa shape index (κ3) is 2.87. The molecule has 1 saturated heterocycles. The Morgan fingerprint density at radius 1 is 1.25 bits per heavy atom. The van der Waals surface area contributed by atoms with Crippen LogP contribution in [-0.2, 0) is 13.0 Å². The van der Waals surface area contributed by atoms with Gasteiger partial charge in [0.05, 0.1) is 12.2 Å². The molecule has 1 fully saturated rings. The lowest BCUT2D eigenvalue weighted by Gasteiger charge is -2.28. The van der Waals surface area contributed by atoms with Crippen LogP contribution >= 0.6 is 0 Å². The first kappa shape index (κ1) is 15.1. The third-order valence-corrected chi connectivity index (χ3v) is 4.90. The van der Waals surface area contributed by atoms with Crippen molar-refractivity contribution in [2.75, 3.05) is 19.6 Å². The number of nitrogens with one attached hydrogen (secondary N) is 1. The van der Waals surface area contributed by atoms with Gasteiger partial charge in [0.15, 0.2) is 5.69 Å². The highest BCUT2D eigenvalue weighted by Crippen LogP contribution is 2.24. The zero-order chi connectivity index (χ0) is 16.5. The summed E-state index contributed by atoms with van der Waals surface area (Å²) in [4.78, 5) is 14.5. The van der Waals surface area contributed by atoms with E-state index in [0.29, 0.717) is 24.8 Å². The van der Waals surface area contributed by atoms with Crippen molar-refractivity contribution in [2.24, 2.45) is 0 Å². The van der Waals surface area contributed by atoms with Gasteiger partial charge in [0.1, 0.15) is 5.75 Å². The summed E-state index contributed by atoms with van der Waals surface area (Å²) < 4.78 is 1.83. The van der Waals surface area contributed by atoms with Crippen LogP contribution in [0.2, 0.25) is 0 Å². The summed E-state index contributed by atoms with van der Waals surface area (Å²) in [5.41, 5.74) is 2.59. The maximum Gasteiger partial charge on any atom is 0.276 e. The Morgan fingerprint density at radius 2 is 2.08 bits per heavy atom. The monoisotopic (exact) mass is 327 g/mol. The third-order valence-electron chi connectivity index (χ3n) is 4.90. The fourth-order valence-corrected chi connectivity index (χ4v) is 3.50. The lowest BCUT2D eigenvalue weighted by Crippen LogP contribution is -2.36. The molecular weight excluding hydrogens is 306 g/mol. The average molecular weight is 327 g/mol. The molecule has 1 aromatic carbocycles. The lowest BCUT2D eigenvalue weighted by molar-refractivity contribution is 0.0728. The molecule has 2 N–H and O–H groups in total. The summed E-state index contributed by atoms with van der Waals surface area (Å²) in [6, 6.07) is 5.68. The number of phenolic OH excluding ortho intramolecular Hbond substituents is 1.